The lowest BCUT2D eigenvalue weighted by Gasteiger charge is -2.35. The number of amides is 2. The summed E-state index contributed by atoms with van der Waals surface area (Å²) in [5, 5.41) is 0. The minimum absolute atomic E-state index is 0.0778. The van der Waals surface area contributed by atoms with Gasteiger partial charge < -0.3 is 9.80 Å². The largest absolute Gasteiger partial charge is 0.342 e. The molecule has 3 aliphatic rings. The molecule has 4 nitrogen and oxygen atoms in total. The minimum Gasteiger partial charge on any atom is -0.342 e. The number of likely N-dealkylation sites (tertiary alicyclic amines) is 1. The van der Waals surface area contributed by atoms with Gasteiger partial charge in [-0.25, -0.2) is 0 Å². The van der Waals surface area contributed by atoms with Crippen LogP contribution in [0.15, 0.2) is 24.3 Å². The topological polar surface area (TPSA) is 40.6 Å². The maximum Gasteiger partial charge on any atom is 0.230 e. The number of fused-ring (bicyclic) bond motifs is 1. The fourth-order valence-corrected chi connectivity index (χ4v) is 5.06. The molecule has 4 rings (SSSR count). The second-order valence-electron chi connectivity index (χ2n) is 8.32. The molecule has 140 valence electrons. The van der Waals surface area contributed by atoms with E-state index in [0.717, 1.165) is 63.7 Å². The van der Waals surface area contributed by atoms with Crippen molar-refractivity contribution in [1.29, 1.82) is 0 Å². The Morgan fingerprint density at radius 2 is 1.50 bits per heavy atom. The summed E-state index contributed by atoms with van der Waals surface area (Å²) in [7, 11) is 0. The Kier molecular flexibility index (Phi) is 5.01. The van der Waals surface area contributed by atoms with Crippen molar-refractivity contribution in [3.05, 3.63) is 29.8 Å². The predicted octanol–water partition coefficient (Wildman–Crippen LogP) is 3.78. The van der Waals surface area contributed by atoms with Gasteiger partial charge in [0.05, 0.1) is 0 Å². The van der Waals surface area contributed by atoms with Crippen molar-refractivity contribution in [2.45, 2.75) is 64.3 Å². The number of nitrogens with zero attached hydrogens (tertiary/aromatic N) is 2. The van der Waals surface area contributed by atoms with Crippen LogP contribution in [0.2, 0.25) is 0 Å². The first-order valence-corrected chi connectivity index (χ1v) is 10.3. The zero-order valence-electron chi connectivity index (χ0n) is 15.8. The highest BCUT2D eigenvalue weighted by molar-refractivity contribution is 5.97. The van der Waals surface area contributed by atoms with E-state index in [4.69, 9.17) is 0 Å². The van der Waals surface area contributed by atoms with E-state index in [1.165, 1.54) is 12.0 Å². The van der Waals surface area contributed by atoms with Gasteiger partial charge in [0.25, 0.3) is 0 Å². The SMILES string of the molecule is CC1Cc2ccccc2N1C(=O)C1CCC(C(=O)N2CCCCC2)CC1. The number of piperidine rings is 1. The normalized spacial score (nSPS) is 28.7. The van der Waals surface area contributed by atoms with Crippen LogP contribution < -0.4 is 4.90 Å². The molecule has 0 N–H and O–H groups in total. The van der Waals surface area contributed by atoms with Crippen molar-refractivity contribution in [3.8, 4) is 0 Å². The molecule has 0 aromatic heterocycles. The molecule has 1 aromatic rings. The van der Waals surface area contributed by atoms with Crippen LogP contribution in [0.3, 0.4) is 0 Å². The van der Waals surface area contributed by atoms with Gasteiger partial charge in [0.15, 0.2) is 0 Å². The smallest absolute Gasteiger partial charge is 0.230 e. The number of anilines is 1. The van der Waals surface area contributed by atoms with Gasteiger partial charge in [0, 0.05) is 36.7 Å². The molecule has 1 aliphatic carbocycles. The van der Waals surface area contributed by atoms with Gasteiger partial charge in [-0.2, -0.15) is 0 Å². The van der Waals surface area contributed by atoms with Gasteiger partial charge in [-0.15, -0.1) is 0 Å². The highest BCUT2D eigenvalue weighted by atomic mass is 16.2. The molecule has 0 bridgehead atoms. The minimum atomic E-state index is 0.0778. The Morgan fingerprint density at radius 1 is 0.885 bits per heavy atom. The van der Waals surface area contributed by atoms with E-state index in [2.05, 4.69) is 30.0 Å². The van der Waals surface area contributed by atoms with Crippen LogP contribution in [0.25, 0.3) is 0 Å². The Labute approximate surface area is 156 Å². The molecule has 1 unspecified atom stereocenters. The molecule has 0 radical (unpaired) electrons. The second kappa shape index (κ2) is 7.42. The van der Waals surface area contributed by atoms with Crippen molar-refractivity contribution in [1.82, 2.24) is 4.90 Å². The molecular weight excluding hydrogens is 324 g/mol. The maximum absolute atomic E-state index is 13.2. The zero-order chi connectivity index (χ0) is 18.1. The lowest BCUT2D eigenvalue weighted by molar-refractivity contribution is -0.139. The van der Waals surface area contributed by atoms with E-state index < -0.39 is 0 Å². The molecule has 1 atom stereocenters. The molecule has 2 amide bonds. The molecule has 1 aromatic carbocycles. The zero-order valence-corrected chi connectivity index (χ0v) is 15.8. The van der Waals surface area contributed by atoms with Crippen molar-refractivity contribution in [3.63, 3.8) is 0 Å². The third-order valence-corrected chi connectivity index (χ3v) is 6.54. The standard InChI is InChI=1S/C22H30N2O2/c1-16-15-19-7-3-4-8-20(19)24(16)22(26)18-11-9-17(10-12-18)21(25)23-13-5-2-6-14-23/h3-4,7-8,16-18H,2,5-6,9-15H2,1H3. The predicted molar refractivity (Wildman–Crippen MR) is 103 cm³/mol. The van der Waals surface area contributed by atoms with Gasteiger partial charge in [-0.3, -0.25) is 9.59 Å². The molecule has 4 heteroatoms. The Morgan fingerprint density at radius 3 is 2.19 bits per heavy atom. The fraction of sp³-hybridized carbons (Fsp3) is 0.636. The number of rotatable bonds is 2. The van der Waals surface area contributed by atoms with Crippen LogP contribution in [0, 0.1) is 11.8 Å². The van der Waals surface area contributed by atoms with E-state index >= 15 is 0 Å². The lowest BCUT2D eigenvalue weighted by Crippen LogP contribution is -2.44. The Bertz CT molecular complexity index is 672. The van der Waals surface area contributed by atoms with E-state index in [0.29, 0.717) is 5.91 Å². The number of para-hydroxylation sites is 1. The summed E-state index contributed by atoms with van der Waals surface area (Å²) in [6, 6.07) is 8.52. The van der Waals surface area contributed by atoms with Crippen molar-refractivity contribution in [2.75, 3.05) is 18.0 Å². The molecule has 2 fully saturated rings. The van der Waals surface area contributed by atoms with E-state index in [1.807, 2.05) is 11.0 Å². The Balaban J connectivity index is 1.37. The number of hydrogen-bond acceptors (Lipinski definition) is 2. The first kappa shape index (κ1) is 17.6. The van der Waals surface area contributed by atoms with Gasteiger partial charge in [0.2, 0.25) is 11.8 Å². The van der Waals surface area contributed by atoms with Crippen molar-refractivity contribution < 1.29 is 9.59 Å². The van der Waals surface area contributed by atoms with E-state index in [-0.39, 0.29) is 23.8 Å². The first-order chi connectivity index (χ1) is 12.6. The summed E-state index contributed by atoms with van der Waals surface area (Å²) in [6.07, 6.45) is 7.94. The average molecular weight is 354 g/mol. The summed E-state index contributed by atoms with van der Waals surface area (Å²) in [4.78, 5) is 30.0. The third-order valence-electron chi connectivity index (χ3n) is 6.54. The van der Waals surface area contributed by atoms with Crippen LogP contribution in [0.4, 0.5) is 5.69 Å². The number of benzene rings is 1. The van der Waals surface area contributed by atoms with Crippen molar-refractivity contribution in [2.24, 2.45) is 11.8 Å². The van der Waals surface area contributed by atoms with E-state index in [1.54, 1.807) is 0 Å². The lowest BCUT2D eigenvalue weighted by atomic mass is 9.80. The van der Waals surface area contributed by atoms with Gasteiger partial charge >= 0.3 is 0 Å². The van der Waals surface area contributed by atoms with Crippen LogP contribution >= 0.6 is 0 Å². The number of carbonyl (C=O) groups is 2. The average Bonchev–Trinajstić information content (AvgIpc) is 3.03. The molecule has 1 saturated heterocycles. The summed E-state index contributed by atoms with van der Waals surface area (Å²) in [6.45, 7) is 4.00. The Hall–Kier alpha value is -1.84. The maximum atomic E-state index is 13.2. The van der Waals surface area contributed by atoms with Gasteiger partial charge in [-0.05, 0) is 69.9 Å². The summed E-state index contributed by atoms with van der Waals surface area (Å²) in [5.41, 5.74) is 2.37. The summed E-state index contributed by atoms with van der Waals surface area (Å²) in [5.74, 6) is 0.830. The van der Waals surface area contributed by atoms with Crippen LogP contribution in [-0.4, -0.2) is 35.8 Å². The van der Waals surface area contributed by atoms with Crippen LogP contribution in [-0.2, 0) is 16.0 Å². The fourth-order valence-electron chi connectivity index (χ4n) is 5.06. The van der Waals surface area contributed by atoms with Crippen molar-refractivity contribution >= 4 is 17.5 Å². The quantitative estimate of drug-likeness (QED) is 0.811. The highest BCUT2D eigenvalue weighted by Crippen LogP contribution is 2.37. The summed E-state index contributed by atoms with van der Waals surface area (Å²) >= 11 is 0. The second-order valence-corrected chi connectivity index (χ2v) is 8.32. The molecule has 2 aliphatic heterocycles. The third kappa shape index (κ3) is 3.26. The highest BCUT2D eigenvalue weighted by Gasteiger charge is 2.38. The van der Waals surface area contributed by atoms with Gasteiger partial charge in [0.1, 0.15) is 0 Å². The molecule has 26 heavy (non-hydrogen) atoms. The molecule has 1 saturated carbocycles. The summed E-state index contributed by atoms with van der Waals surface area (Å²) < 4.78 is 0. The van der Waals surface area contributed by atoms with Gasteiger partial charge in [-0.1, -0.05) is 18.2 Å². The first-order valence-electron chi connectivity index (χ1n) is 10.3. The van der Waals surface area contributed by atoms with Crippen LogP contribution in [0.5, 0.6) is 0 Å². The monoisotopic (exact) mass is 354 g/mol. The molecule has 0 spiro atoms. The number of carbonyl (C=O) groups excluding carboxylic acids is 2. The number of hydrogen-bond donors (Lipinski definition) is 0. The molecular formula is C22H30N2O2. The van der Waals surface area contributed by atoms with E-state index in [9.17, 15) is 9.59 Å². The van der Waals surface area contributed by atoms with Crippen LogP contribution in [0.1, 0.15) is 57.4 Å². The molecule has 2 heterocycles.